The first kappa shape index (κ1) is 28.2. The van der Waals surface area contributed by atoms with Crippen LogP contribution in [0.2, 0.25) is 0 Å². The standard InChI is InChI=1S/C10H23NO.C9H21O4P/c1-3-5-7-10(12,9-11)8-6-4-2;1-7(2)5-9(6-8(3)4)13-14(10,11)12/h12H,3-9,11H2,1-2H3;7-9H,5-6H2,1-4H3,(H2,10,11,12). The van der Waals surface area contributed by atoms with Gasteiger partial charge >= 0.3 is 7.82 Å². The van der Waals surface area contributed by atoms with Crippen molar-refractivity contribution in [3.8, 4) is 0 Å². The van der Waals surface area contributed by atoms with Crippen molar-refractivity contribution in [3.63, 3.8) is 0 Å². The molecule has 0 heterocycles. The average Bonchev–Trinajstić information content (AvgIpc) is 2.48. The van der Waals surface area contributed by atoms with E-state index in [9.17, 15) is 9.67 Å². The number of nitrogens with two attached hydrogens (primary N) is 1. The second-order valence-electron chi connectivity index (χ2n) is 8.11. The molecule has 7 heteroatoms. The van der Waals surface area contributed by atoms with Crippen molar-refractivity contribution >= 4 is 7.82 Å². The molecule has 0 aliphatic carbocycles. The second-order valence-corrected chi connectivity index (χ2v) is 9.30. The average molecular weight is 398 g/mol. The third kappa shape index (κ3) is 18.8. The summed E-state index contributed by atoms with van der Waals surface area (Å²) in [6.45, 7) is 12.7. The number of phosphoric ester groups is 1. The smallest absolute Gasteiger partial charge is 0.389 e. The third-order valence-electron chi connectivity index (χ3n) is 4.13. The van der Waals surface area contributed by atoms with Crippen molar-refractivity contribution in [1.82, 2.24) is 0 Å². The van der Waals surface area contributed by atoms with Gasteiger partial charge in [0.25, 0.3) is 0 Å². The van der Waals surface area contributed by atoms with Crippen LogP contribution in [0.1, 0.15) is 92.9 Å². The summed E-state index contributed by atoms with van der Waals surface area (Å²) >= 11 is 0. The molecule has 0 unspecified atom stereocenters. The maximum absolute atomic E-state index is 10.7. The molecule has 6 nitrogen and oxygen atoms in total. The lowest BCUT2D eigenvalue weighted by atomic mass is 9.91. The van der Waals surface area contributed by atoms with Crippen molar-refractivity contribution in [1.29, 1.82) is 0 Å². The summed E-state index contributed by atoms with van der Waals surface area (Å²) < 4.78 is 15.4. The van der Waals surface area contributed by atoms with Gasteiger partial charge in [0.15, 0.2) is 0 Å². The molecule has 0 aliphatic heterocycles. The predicted octanol–water partition coefficient (Wildman–Crippen LogP) is 4.61. The molecule has 0 bridgehead atoms. The fraction of sp³-hybridized carbons (Fsp3) is 1.00. The van der Waals surface area contributed by atoms with Gasteiger partial charge in [0, 0.05) is 6.54 Å². The Bertz CT molecular complexity index is 353. The van der Waals surface area contributed by atoms with Crippen molar-refractivity contribution in [3.05, 3.63) is 0 Å². The summed E-state index contributed by atoms with van der Waals surface area (Å²) in [7, 11) is -4.33. The summed E-state index contributed by atoms with van der Waals surface area (Å²) in [5.74, 6) is 0.760. The van der Waals surface area contributed by atoms with E-state index in [-0.39, 0.29) is 6.10 Å². The van der Waals surface area contributed by atoms with Crippen LogP contribution in [0.25, 0.3) is 0 Å². The number of unbranched alkanes of at least 4 members (excludes halogenated alkanes) is 2. The lowest BCUT2D eigenvalue weighted by Crippen LogP contribution is -2.37. The molecule has 0 saturated heterocycles. The summed E-state index contributed by atoms with van der Waals surface area (Å²) in [4.78, 5) is 17.4. The number of aliphatic hydroxyl groups is 1. The zero-order chi connectivity index (χ0) is 20.8. The quantitative estimate of drug-likeness (QED) is 0.337. The minimum atomic E-state index is -4.33. The Labute approximate surface area is 161 Å². The van der Waals surface area contributed by atoms with Crippen LogP contribution in [0, 0.1) is 11.8 Å². The number of hydrogen-bond donors (Lipinski definition) is 4. The Morgan fingerprint density at radius 3 is 1.58 bits per heavy atom. The zero-order valence-corrected chi connectivity index (χ0v) is 18.7. The molecule has 0 fully saturated rings. The number of hydrogen-bond acceptors (Lipinski definition) is 4. The topological polar surface area (TPSA) is 113 Å². The van der Waals surface area contributed by atoms with E-state index in [1.165, 1.54) is 0 Å². The summed E-state index contributed by atoms with van der Waals surface area (Å²) in [6.07, 6.45) is 7.18. The van der Waals surface area contributed by atoms with E-state index in [4.69, 9.17) is 20.0 Å². The molecule has 5 N–H and O–H groups in total. The first-order valence-corrected chi connectivity index (χ1v) is 11.6. The second kappa shape index (κ2) is 15.0. The zero-order valence-electron chi connectivity index (χ0n) is 17.8. The molecule has 0 aliphatic rings. The van der Waals surface area contributed by atoms with Gasteiger partial charge in [0.2, 0.25) is 0 Å². The molecule has 0 aromatic carbocycles. The van der Waals surface area contributed by atoms with E-state index in [1.807, 2.05) is 27.7 Å². The fourth-order valence-corrected chi connectivity index (χ4v) is 3.33. The molecule has 160 valence electrons. The van der Waals surface area contributed by atoms with E-state index in [2.05, 4.69) is 13.8 Å². The van der Waals surface area contributed by atoms with Crippen molar-refractivity contribution in [2.24, 2.45) is 17.6 Å². The highest BCUT2D eigenvalue weighted by atomic mass is 31.2. The van der Waals surface area contributed by atoms with Gasteiger partial charge in [-0.05, 0) is 37.5 Å². The fourth-order valence-electron chi connectivity index (χ4n) is 2.77. The number of rotatable bonds is 13. The van der Waals surface area contributed by atoms with E-state index in [1.54, 1.807) is 0 Å². The Morgan fingerprint density at radius 2 is 1.35 bits per heavy atom. The van der Waals surface area contributed by atoms with Crippen molar-refractivity contribution < 1.29 is 24.0 Å². The van der Waals surface area contributed by atoms with Crippen LogP contribution in [0.5, 0.6) is 0 Å². The Kier molecular flexibility index (Phi) is 16.3. The molecule has 26 heavy (non-hydrogen) atoms. The summed E-state index contributed by atoms with van der Waals surface area (Å²) in [6, 6.07) is 0. The Morgan fingerprint density at radius 1 is 0.962 bits per heavy atom. The molecule has 0 aromatic rings. The lowest BCUT2D eigenvalue weighted by molar-refractivity contribution is 0.0273. The molecule has 0 atom stereocenters. The molecule has 0 saturated carbocycles. The van der Waals surface area contributed by atoms with Gasteiger partial charge in [0.05, 0.1) is 11.7 Å². The van der Waals surface area contributed by atoms with Gasteiger partial charge in [0.1, 0.15) is 0 Å². The van der Waals surface area contributed by atoms with Crippen LogP contribution >= 0.6 is 7.82 Å². The summed E-state index contributed by atoms with van der Waals surface area (Å²) in [5.41, 5.74) is 4.96. The molecule has 0 spiro atoms. The van der Waals surface area contributed by atoms with Crippen LogP contribution in [-0.4, -0.2) is 33.1 Å². The Hall–Kier alpha value is 0.0300. The van der Waals surface area contributed by atoms with E-state index in [0.29, 0.717) is 31.2 Å². The first-order valence-electron chi connectivity index (χ1n) is 10.0. The van der Waals surface area contributed by atoms with Gasteiger partial charge in [-0.3, -0.25) is 4.52 Å². The molecular weight excluding hydrogens is 353 g/mol. The SMILES string of the molecule is CC(C)CC(CC(C)C)OP(=O)(O)O.CCCCC(O)(CN)CCCC. The lowest BCUT2D eigenvalue weighted by Gasteiger charge is -2.26. The molecule has 0 rings (SSSR count). The van der Waals surface area contributed by atoms with Crippen LogP contribution in [0.3, 0.4) is 0 Å². The van der Waals surface area contributed by atoms with Crippen LogP contribution < -0.4 is 5.73 Å². The van der Waals surface area contributed by atoms with Gasteiger partial charge in [-0.1, -0.05) is 67.2 Å². The van der Waals surface area contributed by atoms with Crippen molar-refractivity contribution in [2.45, 2.75) is 105 Å². The van der Waals surface area contributed by atoms with Crippen LogP contribution in [-0.2, 0) is 9.09 Å². The predicted molar refractivity (Wildman–Crippen MR) is 109 cm³/mol. The molecule has 0 radical (unpaired) electrons. The van der Waals surface area contributed by atoms with E-state index >= 15 is 0 Å². The minimum Gasteiger partial charge on any atom is -0.389 e. The normalized spacial score (nSPS) is 12.7. The van der Waals surface area contributed by atoms with E-state index in [0.717, 1.165) is 38.5 Å². The third-order valence-corrected chi connectivity index (χ3v) is 4.70. The van der Waals surface area contributed by atoms with Gasteiger partial charge in [-0.2, -0.15) is 0 Å². The highest BCUT2D eigenvalue weighted by Crippen LogP contribution is 2.40. The van der Waals surface area contributed by atoms with Crippen LogP contribution in [0.15, 0.2) is 0 Å². The first-order chi connectivity index (χ1) is 11.9. The molecular formula is C19H44NO5P. The monoisotopic (exact) mass is 397 g/mol. The van der Waals surface area contributed by atoms with Crippen molar-refractivity contribution in [2.75, 3.05) is 6.54 Å². The Balaban J connectivity index is 0. The van der Waals surface area contributed by atoms with E-state index < -0.39 is 13.4 Å². The number of phosphoric acid groups is 1. The van der Waals surface area contributed by atoms with Gasteiger partial charge in [-0.25, -0.2) is 4.57 Å². The van der Waals surface area contributed by atoms with Gasteiger partial charge < -0.3 is 20.6 Å². The van der Waals surface area contributed by atoms with Gasteiger partial charge in [-0.15, -0.1) is 0 Å². The van der Waals surface area contributed by atoms with Crippen LogP contribution in [0.4, 0.5) is 0 Å². The largest absolute Gasteiger partial charge is 0.469 e. The summed E-state index contributed by atoms with van der Waals surface area (Å²) in [5, 5.41) is 9.96. The minimum absolute atomic E-state index is 0.337. The maximum Gasteiger partial charge on any atom is 0.469 e. The molecule has 0 aromatic heterocycles. The highest BCUT2D eigenvalue weighted by Gasteiger charge is 2.24. The highest BCUT2D eigenvalue weighted by molar-refractivity contribution is 7.46. The maximum atomic E-state index is 10.7. The molecule has 0 amide bonds.